The summed E-state index contributed by atoms with van der Waals surface area (Å²) >= 11 is 1.53. The summed E-state index contributed by atoms with van der Waals surface area (Å²) in [5.41, 5.74) is 17.8. The molecule has 2 heterocycles. The summed E-state index contributed by atoms with van der Waals surface area (Å²) < 4.78 is 0. The Morgan fingerprint density at radius 2 is 1.36 bits per heavy atom. The van der Waals surface area contributed by atoms with E-state index < -0.39 is 42.0 Å². The van der Waals surface area contributed by atoms with Crippen molar-refractivity contribution >= 4 is 35.2 Å². The van der Waals surface area contributed by atoms with Crippen molar-refractivity contribution in [1.29, 1.82) is 0 Å². The Hall–Kier alpha value is -4.14. The van der Waals surface area contributed by atoms with Gasteiger partial charge in [0.05, 0.1) is 0 Å². The van der Waals surface area contributed by atoms with Crippen molar-refractivity contribution in [2.45, 2.75) is 62.7 Å². The molecule has 1 aliphatic rings. The number of nitrogens with one attached hydrogen (secondary N) is 1. The van der Waals surface area contributed by atoms with Crippen LogP contribution in [0.2, 0.25) is 0 Å². The molecule has 1 saturated heterocycles. The predicted octanol–water partition coefficient (Wildman–Crippen LogP) is 2.72. The third-order valence-electron chi connectivity index (χ3n) is 6.26. The summed E-state index contributed by atoms with van der Waals surface area (Å²) in [5.74, 6) is -3.60. The summed E-state index contributed by atoms with van der Waals surface area (Å²) in [6.07, 6.45) is 4.57. The Morgan fingerprint density at radius 3 is 1.80 bits per heavy atom. The second-order valence-corrected chi connectivity index (χ2v) is 10.8. The Balaban J connectivity index is 0.000000295. The minimum absolute atomic E-state index is 0.279. The van der Waals surface area contributed by atoms with E-state index in [0.29, 0.717) is 24.8 Å². The van der Waals surface area contributed by atoms with Crippen molar-refractivity contribution in [3.63, 3.8) is 0 Å². The lowest BCUT2D eigenvalue weighted by Gasteiger charge is -2.18. The lowest BCUT2D eigenvalue weighted by Crippen LogP contribution is -2.40. The number of benzene rings is 2. The van der Waals surface area contributed by atoms with Crippen molar-refractivity contribution in [1.82, 2.24) is 5.32 Å². The van der Waals surface area contributed by atoms with Crippen LogP contribution in [0.4, 0.5) is 0 Å². The molecule has 1 aliphatic heterocycles. The first-order valence-electron chi connectivity index (χ1n) is 13.9. The van der Waals surface area contributed by atoms with Gasteiger partial charge in [-0.25, -0.2) is 0 Å². The van der Waals surface area contributed by atoms with E-state index >= 15 is 0 Å². The van der Waals surface area contributed by atoms with Gasteiger partial charge in [-0.3, -0.25) is 19.2 Å². The number of carbonyl (C=O) groups is 4. The van der Waals surface area contributed by atoms with Crippen molar-refractivity contribution < 1.29 is 39.6 Å². The normalized spacial score (nSPS) is 15.7. The topological polar surface area (TPSA) is 239 Å². The van der Waals surface area contributed by atoms with Gasteiger partial charge in [0.15, 0.2) is 0 Å². The summed E-state index contributed by atoms with van der Waals surface area (Å²) in [4.78, 5) is 42.4. The highest BCUT2D eigenvalue weighted by Gasteiger charge is 2.18. The minimum atomic E-state index is -1.00. The SMILES string of the molecule is NC(C(=O)O)c1ccccc1.NC(CCc1ccccc1)C(=O)O.NC(Cc1cccs1)C(=O)O.O=C(O)C1CCCCN1. The van der Waals surface area contributed by atoms with E-state index in [1.807, 2.05) is 53.9 Å². The highest BCUT2D eigenvalue weighted by Crippen LogP contribution is 2.10. The maximum atomic E-state index is 10.4. The second kappa shape index (κ2) is 21.5. The molecule has 13 heteroatoms. The Bertz CT molecular complexity index is 1240. The van der Waals surface area contributed by atoms with E-state index in [4.69, 9.17) is 37.6 Å². The van der Waals surface area contributed by atoms with Crippen LogP contribution in [-0.4, -0.2) is 69.0 Å². The van der Waals surface area contributed by atoms with Crippen LogP contribution in [0.5, 0.6) is 0 Å². The molecular weight excluding hydrogens is 588 g/mol. The zero-order chi connectivity index (χ0) is 32.9. The fourth-order valence-electron chi connectivity index (χ4n) is 3.69. The van der Waals surface area contributed by atoms with Crippen LogP contribution in [0, 0.1) is 0 Å². The third kappa shape index (κ3) is 16.5. The fraction of sp³-hybridized carbons (Fsp3) is 0.355. The van der Waals surface area contributed by atoms with E-state index in [2.05, 4.69) is 5.32 Å². The number of hydrogen-bond donors (Lipinski definition) is 8. The van der Waals surface area contributed by atoms with Crippen LogP contribution < -0.4 is 22.5 Å². The van der Waals surface area contributed by atoms with Gasteiger partial charge >= 0.3 is 23.9 Å². The molecule has 3 aromatic rings. The Labute approximate surface area is 260 Å². The molecule has 12 nitrogen and oxygen atoms in total. The summed E-state index contributed by atoms with van der Waals surface area (Å²) in [5, 5.41) is 38.8. The molecule has 44 heavy (non-hydrogen) atoms. The van der Waals surface area contributed by atoms with E-state index in [9.17, 15) is 19.2 Å². The van der Waals surface area contributed by atoms with Crippen molar-refractivity contribution in [3.05, 3.63) is 94.2 Å². The molecule has 11 N–H and O–H groups in total. The summed E-state index contributed by atoms with van der Waals surface area (Å²) in [6.45, 7) is 0.858. The zero-order valence-corrected chi connectivity index (χ0v) is 25.1. The van der Waals surface area contributed by atoms with Gasteiger partial charge in [-0.1, -0.05) is 73.2 Å². The average Bonchev–Trinajstić information content (AvgIpc) is 3.54. The molecule has 0 radical (unpaired) electrons. The molecule has 4 rings (SSSR count). The number of piperidine rings is 1. The highest BCUT2D eigenvalue weighted by molar-refractivity contribution is 7.09. The van der Waals surface area contributed by atoms with Crippen LogP contribution in [0.1, 0.15) is 47.7 Å². The number of carboxylic acids is 4. The number of carboxylic acid groups (broad SMARTS) is 4. The molecule has 0 amide bonds. The van der Waals surface area contributed by atoms with Crippen LogP contribution in [0.25, 0.3) is 0 Å². The van der Waals surface area contributed by atoms with E-state index in [0.717, 1.165) is 36.2 Å². The molecule has 2 aromatic carbocycles. The smallest absolute Gasteiger partial charge is 0.325 e. The van der Waals surface area contributed by atoms with Gasteiger partial charge in [0, 0.05) is 11.3 Å². The number of rotatable bonds is 10. The lowest BCUT2D eigenvalue weighted by molar-refractivity contribution is -0.140. The van der Waals surface area contributed by atoms with E-state index in [-0.39, 0.29) is 6.04 Å². The molecule has 0 spiro atoms. The largest absolute Gasteiger partial charge is 0.480 e. The van der Waals surface area contributed by atoms with Crippen LogP contribution in [0.3, 0.4) is 0 Å². The molecule has 240 valence electrons. The molecule has 1 fully saturated rings. The predicted molar refractivity (Wildman–Crippen MR) is 168 cm³/mol. The average molecular weight is 631 g/mol. The molecule has 4 unspecified atom stereocenters. The van der Waals surface area contributed by atoms with Gasteiger partial charge < -0.3 is 42.9 Å². The molecule has 0 bridgehead atoms. The first kappa shape index (κ1) is 37.9. The number of nitrogens with two attached hydrogens (primary N) is 3. The monoisotopic (exact) mass is 630 g/mol. The Kier molecular flexibility index (Phi) is 18.5. The van der Waals surface area contributed by atoms with Crippen LogP contribution in [0.15, 0.2) is 78.2 Å². The number of hydrogen-bond acceptors (Lipinski definition) is 9. The van der Waals surface area contributed by atoms with Crippen molar-refractivity contribution in [3.8, 4) is 0 Å². The molecule has 0 aliphatic carbocycles. The van der Waals surface area contributed by atoms with Crippen LogP contribution >= 0.6 is 11.3 Å². The third-order valence-corrected chi connectivity index (χ3v) is 7.15. The van der Waals surface area contributed by atoms with Crippen molar-refractivity contribution in [2.75, 3.05) is 6.54 Å². The van der Waals surface area contributed by atoms with Gasteiger partial charge in [0.1, 0.15) is 24.2 Å². The number of aliphatic carboxylic acids is 4. The minimum Gasteiger partial charge on any atom is -0.480 e. The van der Waals surface area contributed by atoms with Gasteiger partial charge in [-0.2, -0.15) is 0 Å². The van der Waals surface area contributed by atoms with Gasteiger partial charge in [-0.15, -0.1) is 11.3 Å². The lowest BCUT2D eigenvalue weighted by atomic mass is 10.1. The number of aryl methyl sites for hydroxylation is 1. The van der Waals surface area contributed by atoms with E-state index in [1.54, 1.807) is 24.3 Å². The van der Waals surface area contributed by atoms with E-state index in [1.165, 1.54) is 11.3 Å². The Morgan fingerprint density at radius 1 is 0.773 bits per heavy atom. The van der Waals surface area contributed by atoms with Crippen LogP contribution in [-0.2, 0) is 32.0 Å². The van der Waals surface area contributed by atoms with Gasteiger partial charge in [-0.05, 0) is 54.8 Å². The maximum Gasteiger partial charge on any atom is 0.325 e. The first-order chi connectivity index (χ1) is 20.9. The summed E-state index contributed by atoms with van der Waals surface area (Å²) in [6, 6.07) is 19.5. The molecular formula is C31H42N4O8S. The molecule has 0 saturated carbocycles. The van der Waals surface area contributed by atoms with Gasteiger partial charge in [0.25, 0.3) is 0 Å². The number of thiophene rings is 1. The van der Waals surface area contributed by atoms with Gasteiger partial charge in [0.2, 0.25) is 0 Å². The summed E-state index contributed by atoms with van der Waals surface area (Å²) in [7, 11) is 0. The molecule has 1 aromatic heterocycles. The zero-order valence-electron chi connectivity index (χ0n) is 24.3. The standard InChI is InChI=1S/C10H13NO2.C8H9NO2.C7H9NO2S.C6H11NO2/c11-9(10(12)13)7-6-8-4-2-1-3-5-8;9-7(8(10)11)6-4-2-1-3-5-6;8-6(7(9)10)4-5-2-1-3-11-5;8-6(9)5-3-1-2-4-7-5/h1-5,9H,6-7,11H2,(H,12,13);1-5,7H,9H2,(H,10,11);1-3,6H,4,8H2,(H,9,10);5,7H,1-4H2,(H,8,9). The fourth-order valence-corrected chi connectivity index (χ4v) is 4.45. The first-order valence-corrected chi connectivity index (χ1v) is 14.8. The van der Waals surface area contributed by atoms with Crippen molar-refractivity contribution in [2.24, 2.45) is 17.2 Å². The maximum absolute atomic E-state index is 10.4. The quantitative estimate of drug-likeness (QED) is 0.161. The highest BCUT2D eigenvalue weighted by atomic mass is 32.1. The second-order valence-electron chi connectivity index (χ2n) is 9.76. The molecule has 4 atom stereocenters.